The molecule has 0 bridgehead atoms. The molecule has 0 saturated heterocycles. The van der Waals surface area contributed by atoms with E-state index < -0.39 is 11.9 Å². The molecule has 1 heterocycles. The smallest absolute Gasteiger partial charge is 0.303 e. The first-order chi connectivity index (χ1) is 10.4. The molecule has 0 aliphatic heterocycles. The first-order valence-electron chi connectivity index (χ1n) is 6.69. The SMILES string of the molecule is Cc1c(Cl)c(C(=O)Nc2cccc(CCC(=O)O)c2)nn1C. The van der Waals surface area contributed by atoms with Gasteiger partial charge in [0.25, 0.3) is 5.91 Å². The van der Waals surface area contributed by atoms with Gasteiger partial charge < -0.3 is 10.4 Å². The van der Waals surface area contributed by atoms with Crippen LogP contribution < -0.4 is 5.32 Å². The molecule has 1 aromatic carbocycles. The molecule has 2 N–H and O–H groups in total. The van der Waals surface area contributed by atoms with Crippen molar-refractivity contribution in [2.75, 3.05) is 5.32 Å². The second-order valence-electron chi connectivity index (χ2n) is 4.92. The number of benzene rings is 1. The molecule has 0 aliphatic carbocycles. The molecule has 7 heteroatoms. The first-order valence-corrected chi connectivity index (χ1v) is 7.07. The van der Waals surface area contributed by atoms with Gasteiger partial charge in [-0.15, -0.1) is 0 Å². The topological polar surface area (TPSA) is 84.2 Å². The molecule has 0 unspecified atom stereocenters. The fourth-order valence-corrected chi connectivity index (χ4v) is 2.22. The van der Waals surface area contributed by atoms with Gasteiger partial charge in [0.2, 0.25) is 0 Å². The molecule has 116 valence electrons. The van der Waals surface area contributed by atoms with Crippen molar-refractivity contribution in [2.45, 2.75) is 19.8 Å². The maximum absolute atomic E-state index is 12.2. The molecule has 2 rings (SSSR count). The number of aryl methyl sites for hydroxylation is 2. The average Bonchev–Trinajstić information content (AvgIpc) is 2.73. The van der Waals surface area contributed by atoms with Crippen LogP contribution >= 0.6 is 11.6 Å². The van der Waals surface area contributed by atoms with E-state index in [-0.39, 0.29) is 12.1 Å². The molecule has 0 radical (unpaired) electrons. The Hall–Kier alpha value is -2.34. The summed E-state index contributed by atoms with van der Waals surface area (Å²) >= 11 is 6.08. The summed E-state index contributed by atoms with van der Waals surface area (Å²) in [6.45, 7) is 1.78. The first kappa shape index (κ1) is 16.0. The lowest BCUT2D eigenvalue weighted by atomic mass is 10.1. The molecular weight excluding hydrogens is 306 g/mol. The van der Waals surface area contributed by atoms with Crippen LogP contribution in [0.2, 0.25) is 5.02 Å². The zero-order chi connectivity index (χ0) is 16.3. The van der Waals surface area contributed by atoms with Gasteiger partial charge in [0, 0.05) is 19.2 Å². The molecule has 0 aliphatic rings. The third kappa shape index (κ3) is 3.65. The van der Waals surface area contributed by atoms with Crippen LogP contribution in [0.25, 0.3) is 0 Å². The lowest BCUT2D eigenvalue weighted by molar-refractivity contribution is -0.136. The van der Waals surface area contributed by atoms with Crippen molar-refractivity contribution in [1.82, 2.24) is 9.78 Å². The predicted octanol–water partition coefficient (Wildman–Crippen LogP) is 2.65. The van der Waals surface area contributed by atoms with Gasteiger partial charge in [-0.3, -0.25) is 14.3 Å². The van der Waals surface area contributed by atoms with Crippen molar-refractivity contribution in [1.29, 1.82) is 0 Å². The molecule has 0 saturated carbocycles. The van der Waals surface area contributed by atoms with E-state index in [0.717, 1.165) is 5.56 Å². The number of amides is 1. The Balaban J connectivity index is 2.13. The van der Waals surface area contributed by atoms with Crippen molar-refractivity contribution < 1.29 is 14.7 Å². The Morgan fingerprint density at radius 1 is 1.41 bits per heavy atom. The lowest BCUT2D eigenvalue weighted by Crippen LogP contribution is -2.13. The van der Waals surface area contributed by atoms with Gasteiger partial charge in [0.1, 0.15) is 0 Å². The van der Waals surface area contributed by atoms with Gasteiger partial charge in [-0.05, 0) is 31.0 Å². The molecule has 0 fully saturated rings. The Labute approximate surface area is 132 Å². The minimum Gasteiger partial charge on any atom is -0.481 e. The summed E-state index contributed by atoms with van der Waals surface area (Å²) in [5, 5.41) is 15.8. The molecule has 6 nitrogen and oxygen atoms in total. The van der Waals surface area contributed by atoms with Crippen LogP contribution in [-0.4, -0.2) is 26.8 Å². The average molecular weight is 322 g/mol. The number of aliphatic carboxylic acids is 1. The largest absolute Gasteiger partial charge is 0.481 e. The normalized spacial score (nSPS) is 10.5. The summed E-state index contributed by atoms with van der Waals surface area (Å²) in [5.41, 5.74) is 2.29. The van der Waals surface area contributed by atoms with E-state index in [2.05, 4.69) is 10.4 Å². The van der Waals surface area contributed by atoms with E-state index >= 15 is 0 Å². The van der Waals surface area contributed by atoms with Crippen LogP contribution in [0.15, 0.2) is 24.3 Å². The minimum absolute atomic E-state index is 0.0443. The number of hydrogen-bond acceptors (Lipinski definition) is 3. The number of nitrogens with zero attached hydrogens (tertiary/aromatic N) is 2. The van der Waals surface area contributed by atoms with Crippen molar-refractivity contribution >= 4 is 29.2 Å². The van der Waals surface area contributed by atoms with Gasteiger partial charge in [-0.25, -0.2) is 0 Å². The van der Waals surface area contributed by atoms with Gasteiger partial charge in [-0.1, -0.05) is 23.7 Å². The fourth-order valence-electron chi connectivity index (χ4n) is 1.97. The highest BCUT2D eigenvalue weighted by atomic mass is 35.5. The number of carboxylic acids is 1. The molecule has 0 atom stereocenters. The number of anilines is 1. The summed E-state index contributed by atoms with van der Waals surface area (Å²) in [4.78, 5) is 22.8. The number of halogens is 1. The second-order valence-corrected chi connectivity index (χ2v) is 5.30. The molecule has 22 heavy (non-hydrogen) atoms. The quantitative estimate of drug-likeness (QED) is 0.886. The third-order valence-corrected chi connectivity index (χ3v) is 3.74. The highest BCUT2D eigenvalue weighted by Gasteiger charge is 2.18. The van der Waals surface area contributed by atoms with Crippen LogP contribution in [0.3, 0.4) is 0 Å². The minimum atomic E-state index is -0.856. The Morgan fingerprint density at radius 3 is 2.73 bits per heavy atom. The summed E-state index contributed by atoms with van der Waals surface area (Å²) in [6, 6.07) is 7.05. The van der Waals surface area contributed by atoms with E-state index in [9.17, 15) is 9.59 Å². The number of aromatic nitrogens is 2. The van der Waals surface area contributed by atoms with Crippen molar-refractivity contribution in [2.24, 2.45) is 7.05 Å². The Morgan fingerprint density at radius 2 is 2.14 bits per heavy atom. The van der Waals surface area contributed by atoms with E-state index in [1.807, 2.05) is 6.07 Å². The zero-order valence-electron chi connectivity index (χ0n) is 12.3. The van der Waals surface area contributed by atoms with E-state index in [4.69, 9.17) is 16.7 Å². The van der Waals surface area contributed by atoms with Crippen molar-refractivity contribution in [3.8, 4) is 0 Å². The highest BCUT2D eigenvalue weighted by molar-refractivity contribution is 6.34. The van der Waals surface area contributed by atoms with E-state index in [0.29, 0.717) is 22.8 Å². The predicted molar refractivity (Wildman–Crippen MR) is 83.3 cm³/mol. The van der Waals surface area contributed by atoms with Gasteiger partial charge in [0.15, 0.2) is 5.69 Å². The molecule has 2 aromatic rings. The number of hydrogen-bond donors (Lipinski definition) is 2. The summed E-state index contributed by atoms with van der Waals surface area (Å²) in [7, 11) is 1.71. The number of nitrogens with one attached hydrogen (secondary N) is 1. The summed E-state index contributed by atoms with van der Waals surface area (Å²) < 4.78 is 1.54. The van der Waals surface area contributed by atoms with Gasteiger partial charge in [-0.2, -0.15) is 5.10 Å². The standard InChI is InChI=1S/C15H16ClN3O3/c1-9-13(16)14(18-19(9)2)15(22)17-11-5-3-4-10(8-11)6-7-12(20)21/h3-5,8H,6-7H2,1-2H3,(H,17,22)(H,20,21). The van der Waals surface area contributed by atoms with Crippen molar-refractivity contribution in [3.63, 3.8) is 0 Å². The lowest BCUT2D eigenvalue weighted by Gasteiger charge is -2.06. The van der Waals surface area contributed by atoms with Gasteiger partial charge in [0.05, 0.1) is 10.7 Å². The second kappa shape index (κ2) is 6.62. The summed E-state index contributed by atoms with van der Waals surface area (Å²) in [6.07, 6.45) is 0.450. The molecular formula is C15H16ClN3O3. The molecule has 1 amide bonds. The number of carboxylic acid groups (broad SMARTS) is 1. The van der Waals surface area contributed by atoms with Crippen molar-refractivity contribution in [3.05, 3.63) is 46.2 Å². The van der Waals surface area contributed by atoms with Crippen LogP contribution in [-0.2, 0) is 18.3 Å². The van der Waals surface area contributed by atoms with Crippen LogP contribution in [0.5, 0.6) is 0 Å². The number of carbonyl (C=O) groups excluding carboxylic acids is 1. The fraction of sp³-hybridized carbons (Fsp3) is 0.267. The van der Waals surface area contributed by atoms with E-state index in [1.54, 1.807) is 36.9 Å². The van der Waals surface area contributed by atoms with E-state index in [1.165, 1.54) is 0 Å². The van der Waals surface area contributed by atoms with Gasteiger partial charge >= 0.3 is 5.97 Å². The third-order valence-electron chi connectivity index (χ3n) is 3.29. The summed E-state index contributed by atoms with van der Waals surface area (Å²) in [5.74, 6) is -1.26. The zero-order valence-corrected chi connectivity index (χ0v) is 13.0. The monoisotopic (exact) mass is 321 g/mol. The maximum atomic E-state index is 12.2. The van der Waals surface area contributed by atoms with Crippen LogP contribution in [0.4, 0.5) is 5.69 Å². The molecule has 0 spiro atoms. The molecule has 1 aromatic heterocycles. The highest BCUT2D eigenvalue weighted by Crippen LogP contribution is 2.21. The number of rotatable bonds is 5. The Kier molecular flexibility index (Phi) is 4.82. The van der Waals surface area contributed by atoms with Crippen LogP contribution in [0, 0.1) is 6.92 Å². The Bertz CT molecular complexity index is 725. The van der Waals surface area contributed by atoms with Crippen LogP contribution in [0.1, 0.15) is 28.2 Å². The number of carbonyl (C=O) groups is 2. The maximum Gasteiger partial charge on any atom is 0.303 e.